The maximum absolute atomic E-state index is 13.9. The number of benzene rings is 2. The zero-order chi connectivity index (χ0) is 47.4. The van der Waals surface area contributed by atoms with E-state index in [1.54, 1.807) is 30.0 Å². The molecule has 1 aliphatic heterocycles. The van der Waals surface area contributed by atoms with Gasteiger partial charge in [0, 0.05) is 85.3 Å². The summed E-state index contributed by atoms with van der Waals surface area (Å²) in [7, 11) is -4.10. The smallest absolute Gasteiger partial charge is 0.249 e. The first-order valence-electron chi connectivity index (χ1n) is 21.5. The van der Waals surface area contributed by atoms with Gasteiger partial charge in [-0.25, -0.2) is 27.2 Å². The normalized spacial score (nSPS) is 13.8. The zero-order valence-electron chi connectivity index (χ0n) is 39.0. The molecule has 14 nitrogen and oxygen atoms in total. The summed E-state index contributed by atoms with van der Waals surface area (Å²) in [6.45, 7) is 22.5. The van der Waals surface area contributed by atoms with Crippen LogP contribution in [-0.4, -0.2) is 111 Å². The fourth-order valence-electron chi connectivity index (χ4n) is 7.28. The van der Waals surface area contributed by atoms with Crippen molar-refractivity contribution >= 4 is 54.0 Å². The molecule has 0 aliphatic carbocycles. The Bertz CT molecular complexity index is 2910. The lowest BCUT2D eigenvalue weighted by atomic mass is 10.0. The van der Waals surface area contributed by atoms with Crippen molar-refractivity contribution in [1.82, 2.24) is 34.0 Å². The Kier molecular flexibility index (Phi) is 15.1. The first kappa shape index (κ1) is 49.0. The first-order valence-corrected chi connectivity index (χ1v) is 30.8. The minimum atomic E-state index is -3.73. The van der Waals surface area contributed by atoms with Crippen LogP contribution in [0.25, 0.3) is 44.6 Å². The Labute approximate surface area is 382 Å². The number of aromatic nitrogens is 6. The number of hydrogen-bond acceptors (Lipinski definition) is 12. The van der Waals surface area contributed by atoms with Gasteiger partial charge in [-0.05, 0) is 80.5 Å². The van der Waals surface area contributed by atoms with E-state index in [1.165, 1.54) is 30.3 Å². The number of rotatable bonds is 14. The van der Waals surface area contributed by atoms with Crippen LogP contribution in [0.1, 0.15) is 22.3 Å². The van der Waals surface area contributed by atoms with Gasteiger partial charge in [0.05, 0.1) is 33.3 Å². The summed E-state index contributed by atoms with van der Waals surface area (Å²) in [5, 5.41) is 20.4. The number of piperazine rings is 1. The zero-order valence-corrected chi connectivity index (χ0v) is 41.8. The van der Waals surface area contributed by atoms with Crippen LogP contribution >= 0.6 is 0 Å². The quantitative estimate of drug-likeness (QED) is 0.0580. The fraction of sp³-hybridized carbons (Fsp3) is 0.435. The molecule has 0 atom stereocenters. The lowest BCUT2D eigenvalue weighted by Crippen LogP contribution is -2.45. The Hall–Kier alpha value is -5.42. The third kappa shape index (κ3) is 12.1. The number of likely N-dealkylation sites (N-methyl/N-ethyl adjacent to an activating group) is 1. The highest BCUT2D eigenvalue weighted by Gasteiger charge is 2.26. The topological polar surface area (TPSA) is 168 Å². The van der Waals surface area contributed by atoms with Crippen LogP contribution in [0.5, 0.6) is 0 Å². The van der Waals surface area contributed by atoms with Crippen molar-refractivity contribution in [1.29, 1.82) is 10.5 Å². The van der Waals surface area contributed by atoms with Crippen LogP contribution in [-0.2, 0) is 32.8 Å². The number of hydrogen-bond donors (Lipinski definition) is 0. The third-order valence-electron chi connectivity index (χ3n) is 11.1. The molecule has 1 aliphatic rings. The molecule has 344 valence electrons. The molecule has 0 bridgehead atoms. The summed E-state index contributed by atoms with van der Waals surface area (Å²) in [6, 6.07) is 15.3. The molecule has 7 rings (SSSR count). The Morgan fingerprint density at radius 2 is 1.14 bits per heavy atom. The van der Waals surface area contributed by atoms with Gasteiger partial charge >= 0.3 is 0 Å². The molecule has 6 aromatic rings. The fourth-order valence-corrected chi connectivity index (χ4v) is 9.30. The van der Waals surface area contributed by atoms with E-state index < -0.39 is 31.8 Å². The van der Waals surface area contributed by atoms with E-state index in [9.17, 15) is 27.7 Å². The molecule has 5 heterocycles. The van der Waals surface area contributed by atoms with Crippen molar-refractivity contribution in [2.45, 2.75) is 83.8 Å². The maximum atomic E-state index is 13.9. The summed E-state index contributed by atoms with van der Waals surface area (Å²) in [4.78, 5) is 22.8. The molecule has 0 amide bonds. The van der Waals surface area contributed by atoms with E-state index in [1.807, 2.05) is 11.5 Å². The summed E-state index contributed by atoms with van der Waals surface area (Å²) in [5.41, 5.74) is 5.37. The Balaban J connectivity index is 0.000000216. The van der Waals surface area contributed by atoms with Gasteiger partial charge in [0.15, 0.2) is 0 Å². The van der Waals surface area contributed by atoms with E-state index in [2.05, 4.69) is 78.2 Å². The molecule has 0 spiro atoms. The van der Waals surface area contributed by atoms with E-state index in [0.29, 0.717) is 75.9 Å². The molecule has 65 heavy (non-hydrogen) atoms. The van der Waals surface area contributed by atoms with Gasteiger partial charge in [-0.1, -0.05) is 39.3 Å². The number of halogens is 2. The number of ether oxygens (including phenoxy) is 2. The molecule has 0 saturated carbocycles. The first-order chi connectivity index (χ1) is 30.6. The van der Waals surface area contributed by atoms with Crippen LogP contribution in [0.4, 0.5) is 14.7 Å². The average molecular weight is 941 g/mol. The highest BCUT2D eigenvalue weighted by Crippen LogP contribution is 2.35. The predicted molar refractivity (Wildman–Crippen MR) is 256 cm³/mol. The van der Waals surface area contributed by atoms with Gasteiger partial charge < -0.3 is 28.4 Å². The average Bonchev–Trinajstić information content (AvgIpc) is 3.78. The maximum Gasteiger partial charge on any atom is 0.249 e. The van der Waals surface area contributed by atoms with Crippen molar-refractivity contribution in [3.63, 3.8) is 0 Å². The number of nitrogens with zero attached hydrogens (tertiary/aromatic N) is 10. The molecule has 2 aromatic carbocycles. The van der Waals surface area contributed by atoms with Crippen molar-refractivity contribution in [3.8, 4) is 34.7 Å². The molecule has 1 saturated heterocycles. The van der Waals surface area contributed by atoms with E-state index >= 15 is 0 Å². The van der Waals surface area contributed by atoms with Crippen molar-refractivity contribution in [2.75, 3.05) is 57.6 Å². The Morgan fingerprint density at radius 3 is 1.55 bits per heavy atom. The summed E-state index contributed by atoms with van der Waals surface area (Å²) >= 11 is 0. The van der Waals surface area contributed by atoms with Gasteiger partial charge in [-0.2, -0.15) is 20.5 Å². The monoisotopic (exact) mass is 940 g/mol. The number of anilines is 1. The SMILES string of the molecule is Cc1cc(F)ccc1-c1nc(N2CCN(C)CC2)nc2c1c(C#N)cn2COCC[Si](C)(C)C.Cc1cc(F)ccc1-c1nc(S(C)(=O)=O)nc2c1c(C#N)cn2COCC[Si](C)(C)C. The second-order valence-electron chi connectivity index (χ2n) is 19.0. The van der Waals surface area contributed by atoms with Gasteiger partial charge in [0.1, 0.15) is 48.5 Å². The second-order valence-corrected chi connectivity index (χ2v) is 32.2. The van der Waals surface area contributed by atoms with Crippen molar-refractivity contribution < 1.29 is 26.7 Å². The highest BCUT2D eigenvalue weighted by atomic mass is 32.2. The standard InChI is InChI=1S/C25H33FN6OSi.C21H25FN4O3SSi/c1-18-14-20(26)6-7-21(18)23-22-19(15-27)16-32(17-33-12-13-34(3,4)5)24(22)29-25(28-23)31-10-8-30(2)9-11-31;1-14-10-16(22)6-7-17(14)19-18-15(11-23)12-26(13-29-8-9-31(3,4)5)20(18)25-21(24-19)30(2,27)28/h6-7,14,16H,8-13,17H2,1-5H3;6-7,10,12H,8-9,13H2,1-5H3. The molecular weight excluding hydrogens is 883 g/mol. The van der Waals surface area contributed by atoms with Gasteiger partial charge in [0.25, 0.3) is 0 Å². The lowest BCUT2D eigenvalue weighted by Gasteiger charge is -2.32. The van der Waals surface area contributed by atoms with E-state index in [4.69, 9.17) is 19.4 Å². The van der Waals surface area contributed by atoms with Crippen LogP contribution in [0, 0.1) is 48.1 Å². The van der Waals surface area contributed by atoms with Gasteiger partial charge in [-0.15, -0.1) is 0 Å². The lowest BCUT2D eigenvalue weighted by molar-refractivity contribution is 0.0897. The summed E-state index contributed by atoms with van der Waals surface area (Å²) in [5.74, 6) is -0.0752. The number of aryl methyl sites for hydroxylation is 2. The second kappa shape index (κ2) is 20.0. The van der Waals surface area contributed by atoms with E-state index in [0.717, 1.165) is 55.6 Å². The summed E-state index contributed by atoms with van der Waals surface area (Å²) in [6.07, 6.45) is 4.41. The number of nitriles is 2. The molecule has 1 fully saturated rings. The Morgan fingerprint density at radius 1 is 0.692 bits per heavy atom. The number of fused-ring (bicyclic) bond motifs is 2. The molecular formula is C46H58F2N10O4SSi2. The molecule has 0 N–H and O–H groups in total. The van der Waals surface area contributed by atoms with Crippen LogP contribution < -0.4 is 4.90 Å². The predicted octanol–water partition coefficient (Wildman–Crippen LogP) is 8.61. The molecule has 0 radical (unpaired) electrons. The minimum absolute atomic E-state index is 0.130. The molecule has 0 unspecified atom stereocenters. The molecule has 4 aromatic heterocycles. The van der Waals surface area contributed by atoms with Crippen molar-refractivity contribution in [2.24, 2.45) is 0 Å². The highest BCUT2D eigenvalue weighted by molar-refractivity contribution is 7.90. The minimum Gasteiger partial charge on any atom is -0.361 e. The van der Waals surface area contributed by atoms with Crippen molar-refractivity contribution in [3.05, 3.63) is 82.7 Å². The van der Waals surface area contributed by atoms with Crippen LogP contribution in [0.15, 0.2) is 53.9 Å². The van der Waals surface area contributed by atoms with Crippen LogP contribution in [0.2, 0.25) is 51.4 Å². The van der Waals surface area contributed by atoms with Crippen LogP contribution in [0.3, 0.4) is 0 Å². The largest absolute Gasteiger partial charge is 0.361 e. The van der Waals surface area contributed by atoms with E-state index in [-0.39, 0.29) is 23.4 Å². The third-order valence-corrected chi connectivity index (χ3v) is 15.4. The van der Waals surface area contributed by atoms with Gasteiger partial charge in [0.2, 0.25) is 20.9 Å². The summed E-state index contributed by atoms with van der Waals surface area (Å²) < 4.78 is 67.4. The number of sulfone groups is 1. The van der Waals surface area contributed by atoms with Gasteiger partial charge in [-0.3, -0.25) is 0 Å². The molecule has 19 heteroatoms.